The highest BCUT2D eigenvalue weighted by molar-refractivity contribution is 6.22. The Balaban J connectivity index is 2.30. The third kappa shape index (κ3) is 2.97. The molecule has 4 nitrogen and oxygen atoms in total. The van der Waals surface area contributed by atoms with Gasteiger partial charge in [0, 0.05) is 0 Å². The summed E-state index contributed by atoms with van der Waals surface area (Å²) in [6.45, 7) is 0. The highest BCUT2D eigenvalue weighted by Crippen LogP contribution is 2.29. The first kappa shape index (κ1) is 14.1. The van der Waals surface area contributed by atoms with Crippen molar-refractivity contribution >= 4 is 23.5 Å². The molecule has 0 aliphatic rings. The zero-order valence-corrected chi connectivity index (χ0v) is 11.0. The van der Waals surface area contributed by atoms with Gasteiger partial charge in [-0.25, -0.2) is 9.59 Å². The first-order chi connectivity index (χ1) is 9.49. The fourth-order valence-corrected chi connectivity index (χ4v) is 2.10. The van der Waals surface area contributed by atoms with Gasteiger partial charge in [0.05, 0.1) is 16.5 Å². The Morgan fingerprint density at radius 2 is 1.45 bits per heavy atom. The molecule has 0 spiro atoms. The normalized spacial score (nSPS) is 11.8. The molecule has 2 N–H and O–H groups in total. The second-order valence-electron chi connectivity index (χ2n) is 4.22. The van der Waals surface area contributed by atoms with Crippen LogP contribution in [-0.4, -0.2) is 22.2 Å². The van der Waals surface area contributed by atoms with Gasteiger partial charge in [-0.3, -0.25) is 0 Å². The predicted octanol–water partition coefficient (Wildman–Crippen LogP) is 3.41. The SMILES string of the molecule is O=C(O)c1ccc(C(Cl)c2cccc(C(=O)O)c2)cc1. The van der Waals surface area contributed by atoms with Gasteiger partial charge in [0.25, 0.3) is 0 Å². The quantitative estimate of drug-likeness (QED) is 0.846. The van der Waals surface area contributed by atoms with Gasteiger partial charge in [0.1, 0.15) is 0 Å². The van der Waals surface area contributed by atoms with E-state index in [0.29, 0.717) is 11.1 Å². The van der Waals surface area contributed by atoms with Crippen LogP contribution in [0.1, 0.15) is 37.2 Å². The van der Waals surface area contributed by atoms with Crippen molar-refractivity contribution in [3.05, 3.63) is 70.8 Å². The van der Waals surface area contributed by atoms with E-state index in [0.717, 1.165) is 0 Å². The third-order valence-electron chi connectivity index (χ3n) is 2.88. The number of benzene rings is 2. The van der Waals surface area contributed by atoms with Crippen molar-refractivity contribution in [2.45, 2.75) is 5.38 Å². The van der Waals surface area contributed by atoms with E-state index in [4.69, 9.17) is 21.8 Å². The predicted molar refractivity (Wildman–Crippen MR) is 74.5 cm³/mol. The summed E-state index contributed by atoms with van der Waals surface area (Å²) in [4.78, 5) is 21.7. The second kappa shape index (κ2) is 5.75. The molecular weight excluding hydrogens is 280 g/mol. The number of halogens is 1. The lowest BCUT2D eigenvalue weighted by atomic mass is 10.0. The molecule has 0 amide bonds. The largest absolute Gasteiger partial charge is 0.478 e. The van der Waals surface area contributed by atoms with Gasteiger partial charge in [-0.1, -0.05) is 24.3 Å². The number of carboxylic acid groups (broad SMARTS) is 2. The maximum Gasteiger partial charge on any atom is 0.335 e. The standard InChI is InChI=1S/C15H11ClO4/c16-13(9-4-6-10(7-5-9)14(17)18)11-2-1-3-12(8-11)15(19)20/h1-8,13H,(H,17,18)(H,19,20). The maximum absolute atomic E-state index is 10.9. The van der Waals surface area contributed by atoms with Gasteiger partial charge in [-0.15, -0.1) is 11.6 Å². The molecule has 0 heterocycles. The van der Waals surface area contributed by atoms with Crippen molar-refractivity contribution in [3.63, 3.8) is 0 Å². The minimum absolute atomic E-state index is 0.162. The molecule has 102 valence electrons. The van der Waals surface area contributed by atoms with Crippen LogP contribution < -0.4 is 0 Å². The minimum atomic E-state index is -1.02. The van der Waals surface area contributed by atoms with Gasteiger partial charge in [0.2, 0.25) is 0 Å². The molecule has 2 aromatic rings. The number of hydrogen-bond donors (Lipinski definition) is 2. The second-order valence-corrected chi connectivity index (χ2v) is 4.66. The number of hydrogen-bond acceptors (Lipinski definition) is 2. The van der Waals surface area contributed by atoms with Crippen LogP contribution in [0.3, 0.4) is 0 Å². The summed E-state index contributed by atoms with van der Waals surface area (Å²) in [5, 5.41) is 17.3. The van der Waals surface area contributed by atoms with E-state index in [9.17, 15) is 9.59 Å². The summed E-state index contributed by atoms with van der Waals surface area (Å²) in [7, 11) is 0. The van der Waals surface area contributed by atoms with E-state index in [2.05, 4.69) is 0 Å². The fourth-order valence-electron chi connectivity index (χ4n) is 1.82. The Bertz CT molecular complexity index is 649. The van der Waals surface area contributed by atoms with Crippen LogP contribution in [0.15, 0.2) is 48.5 Å². The summed E-state index contributed by atoms with van der Waals surface area (Å²) in [5.74, 6) is -2.02. The van der Waals surface area contributed by atoms with E-state index < -0.39 is 17.3 Å². The van der Waals surface area contributed by atoms with Crippen LogP contribution in [0.4, 0.5) is 0 Å². The number of rotatable bonds is 4. The van der Waals surface area contributed by atoms with Crippen molar-refractivity contribution in [1.29, 1.82) is 0 Å². The summed E-state index contributed by atoms with van der Waals surface area (Å²) in [6.07, 6.45) is 0. The molecule has 0 aliphatic carbocycles. The fraction of sp³-hybridized carbons (Fsp3) is 0.0667. The molecule has 0 aliphatic heterocycles. The van der Waals surface area contributed by atoms with Gasteiger partial charge < -0.3 is 10.2 Å². The van der Waals surface area contributed by atoms with Crippen LogP contribution in [-0.2, 0) is 0 Å². The van der Waals surface area contributed by atoms with E-state index in [-0.39, 0.29) is 11.1 Å². The Labute approximate surface area is 120 Å². The third-order valence-corrected chi connectivity index (χ3v) is 3.38. The van der Waals surface area contributed by atoms with Crippen molar-refractivity contribution in [2.24, 2.45) is 0 Å². The Morgan fingerprint density at radius 3 is 2.00 bits per heavy atom. The molecule has 1 unspecified atom stereocenters. The molecule has 0 aromatic heterocycles. The lowest BCUT2D eigenvalue weighted by Gasteiger charge is -2.11. The topological polar surface area (TPSA) is 74.6 Å². The molecular formula is C15H11ClO4. The minimum Gasteiger partial charge on any atom is -0.478 e. The van der Waals surface area contributed by atoms with Crippen molar-refractivity contribution in [3.8, 4) is 0 Å². The Hall–Kier alpha value is -2.33. The van der Waals surface area contributed by atoms with Gasteiger partial charge in [-0.05, 0) is 35.4 Å². The molecule has 20 heavy (non-hydrogen) atoms. The average molecular weight is 291 g/mol. The average Bonchev–Trinajstić information content (AvgIpc) is 2.46. The molecule has 0 radical (unpaired) electrons. The van der Waals surface area contributed by atoms with E-state index in [1.54, 1.807) is 24.3 Å². The van der Waals surface area contributed by atoms with Crippen LogP contribution >= 0.6 is 11.6 Å². The first-order valence-corrected chi connectivity index (χ1v) is 6.23. The molecule has 0 fully saturated rings. The maximum atomic E-state index is 10.9. The summed E-state index contributed by atoms with van der Waals surface area (Å²) >= 11 is 6.30. The first-order valence-electron chi connectivity index (χ1n) is 5.79. The van der Waals surface area contributed by atoms with Crippen molar-refractivity contribution < 1.29 is 19.8 Å². The number of carbonyl (C=O) groups is 2. The Morgan fingerprint density at radius 1 is 0.850 bits per heavy atom. The summed E-state index contributed by atoms with van der Waals surface area (Å²) in [5.41, 5.74) is 1.70. The highest BCUT2D eigenvalue weighted by atomic mass is 35.5. The zero-order valence-electron chi connectivity index (χ0n) is 10.3. The molecule has 0 saturated carbocycles. The molecule has 2 aromatic carbocycles. The summed E-state index contributed by atoms with van der Waals surface area (Å²) < 4.78 is 0. The molecule has 0 saturated heterocycles. The van der Waals surface area contributed by atoms with E-state index in [1.165, 1.54) is 24.3 Å². The Kier molecular flexibility index (Phi) is 4.05. The van der Waals surface area contributed by atoms with Crippen LogP contribution in [0.2, 0.25) is 0 Å². The molecule has 1 atom stereocenters. The molecule has 0 bridgehead atoms. The lowest BCUT2D eigenvalue weighted by molar-refractivity contribution is 0.0686. The lowest BCUT2D eigenvalue weighted by Crippen LogP contribution is -2.00. The van der Waals surface area contributed by atoms with Crippen LogP contribution in [0.25, 0.3) is 0 Å². The molecule has 2 rings (SSSR count). The van der Waals surface area contributed by atoms with Gasteiger partial charge in [0.15, 0.2) is 0 Å². The van der Waals surface area contributed by atoms with Crippen LogP contribution in [0, 0.1) is 0 Å². The van der Waals surface area contributed by atoms with Crippen LogP contribution in [0.5, 0.6) is 0 Å². The molecule has 5 heteroatoms. The van der Waals surface area contributed by atoms with Gasteiger partial charge >= 0.3 is 11.9 Å². The number of alkyl halides is 1. The highest BCUT2D eigenvalue weighted by Gasteiger charge is 2.13. The number of carboxylic acids is 2. The van der Waals surface area contributed by atoms with Gasteiger partial charge in [-0.2, -0.15) is 0 Å². The smallest absolute Gasteiger partial charge is 0.335 e. The zero-order chi connectivity index (χ0) is 14.7. The van der Waals surface area contributed by atoms with Crippen molar-refractivity contribution in [1.82, 2.24) is 0 Å². The van der Waals surface area contributed by atoms with E-state index in [1.807, 2.05) is 0 Å². The van der Waals surface area contributed by atoms with E-state index >= 15 is 0 Å². The van der Waals surface area contributed by atoms with Crippen molar-refractivity contribution in [2.75, 3.05) is 0 Å². The summed E-state index contributed by atoms with van der Waals surface area (Å²) in [6, 6.07) is 12.5. The number of aromatic carboxylic acids is 2. The monoisotopic (exact) mass is 290 g/mol.